The molecule has 3 rings (SSSR count). The quantitative estimate of drug-likeness (QED) is 0.344. The van der Waals surface area contributed by atoms with Crippen LogP contribution in [0.1, 0.15) is 20.8 Å². The molecular weight excluding hydrogens is 438 g/mol. The van der Waals surface area contributed by atoms with Crippen molar-refractivity contribution in [2.45, 2.75) is 52.6 Å². The number of carboxylic acids is 1. The Morgan fingerprint density at radius 1 is 1.48 bits per heavy atom. The molecule has 164 valence electrons. The Labute approximate surface area is 189 Å². The van der Waals surface area contributed by atoms with Gasteiger partial charge in [-0.2, -0.15) is 5.26 Å². The molecule has 2 N–H and O–H groups in total. The van der Waals surface area contributed by atoms with Crippen molar-refractivity contribution in [2.75, 3.05) is 6.61 Å². The molecule has 31 heavy (non-hydrogen) atoms. The summed E-state index contributed by atoms with van der Waals surface area (Å²) in [5.74, 6) is -1.71. The van der Waals surface area contributed by atoms with E-state index in [1.54, 1.807) is 32.9 Å². The molecule has 2 fully saturated rings. The molecule has 0 bridgehead atoms. The molecule has 1 aromatic rings. The fourth-order valence-electron chi connectivity index (χ4n) is 3.66. The van der Waals surface area contributed by atoms with Crippen LogP contribution in [-0.4, -0.2) is 61.3 Å². The van der Waals surface area contributed by atoms with Gasteiger partial charge in [0.25, 0.3) is 5.91 Å². The number of carbonyl (C=O) groups excluding carboxylic acids is 2. The second-order valence-corrected chi connectivity index (χ2v) is 10.9. The van der Waals surface area contributed by atoms with Gasteiger partial charge >= 0.3 is 5.97 Å². The highest BCUT2D eigenvalue weighted by Gasteiger charge is 2.73. The van der Waals surface area contributed by atoms with Crippen LogP contribution in [0.4, 0.5) is 0 Å². The van der Waals surface area contributed by atoms with Crippen LogP contribution in [0.3, 0.4) is 0 Å². The molecule has 2 amide bonds. The molecule has 1 unspecified atom stereocenters. The summed E-state index contributed by atoms with van der Waals surface area (Å²) in [4.78, 5) is 39.4. The smallest absolute Gasteiger partial charge is 0.327 e. The lowest BCUT2D eigenvalue weighted by molar-refractivity contribution is -0.165. The first-order valence-corrected chi connectivity index (χ1v) is 11.3. The Hall–Kier alpha value is -2.64. The summed E-state index contributed by atoms with van der Waals surface area (Å²) in [5, 5.41) is 20.6. The van der Waals surface area contributed by atoms with Gasteiger partial charge in [0.2, 0.25) is 11.4 Å². The van der Waals surface area contributed by atoms with Crippen LogP contribution in [0.25, 0.3) is 0 Å². The zero-order chi connectivity index (χ0) is 23.0. The van der Waals surface area contributed by atoms with Gasteiger partial charge in [-0.15, -0.1) is 23.5 Å². The second kappa shape index (κ2) is 8.48. The lowest BCUT2D eigenvalue weighted by Crippen LogP contribution is -2.79. The number of β-lactam (4-membered cyclic amide) rings is 1. The summed E-state index contributed by atoms with van der Waals surface area (Å²) in [5.41, 5.74) is -1.78. The SMILES string of the molecule is C=CCOc1ccccc1SC(C)C(=O)N[C@@]1(C#N)C(=O)N2[C@@H](C(=O)O)C(C)(C)S[C@@H]21. The molecular formula is C21H23N3O5S2. The first kappa shape index (κ1) is 23.0. The van der Waals surface area contributed by atoms with E-state index in [0.29, 0.717) is 12.4 Å². The zero-order valence-electron chi connectivity index (χ0n) is 17.3. The molecule has 0 radical (unpaired) electrons. The Bertz CT molecular complexity index is 976. The van der Waals surface area contributed by atoms with Crippen LogP contribution in [0.15, 0.2) is 41.8 Å². The number of para-hydroxylation sites is 1. The average Bonchev–Trinajstić information content (AvgIpc) is 3.00. The zero-order valence-corrected chi connectivity index (χ0v) is 19.0. The third-order valence-corrected chi connectivity index (χ3v) is 7.95. The number of nitriles is 1. The van der Waals surface area contributed by atoms with E-state index >= 15 is 0 Å². The summed E-state index contributed by atoms with van der Waals surface area (Å²) < 4.78 is 4.82. The fraction of sp³-hybridized carbons (Fsp3) is 0.429. The molecule has 2 aliphatic rings. The third kappa shape index (κ3) is 3.88. The average molecular weight is 462 g/mol. The molecule has 0 saturated carbocycles. The number of nitrogens with zero attached hydrogens (tertiary/aromatic N) is 2. The maximum atomic E-state index is 12.9. The minimum absolute atomic E-state index is 0.319. The molecule has 0 spiro atoms. The van der Waals surface area contributed by atoms with Gasteiger partial charge in [-0.1, -0.05) is 24.8 Å². The third-order valence-electron chi connectivity index (χ3n) is 5.16. The van der Waals surface area contributed by atoms with Gasteiger partial charge < -0.3 is 20.1 Å². The van der Waals surface area contributed by atoms with E-state index in [4.69, 9.17) is 4.74 Å². The lowest BCUT2D eigenvalue weighted by atomic mass is 9.85. The topological polar surface area (TPSA) is 120 Å². The van der Waals surface area contributed by atoms with Crippen molar-refractivity contribution in [3.8, 4) is 11.8 Å². The number of aliphatic carboxylic acids is 1. The Morgan fingerprint density at radius 2 is 2.16 bits per heavy atom. The van der Waals surface area contributed by atoms with Crippen molar-refractivity contribution in [1.29, 1.82) is 5.26 Å². The van der Waals surface area contributed by atoms with Crippen LogP contribution >= 0.6 is 23.5 Å². The predicted octanol–water partition coefficient (Wildman–Crippen LogP) is 2.26. The van der Waals surface area contributed by atoms with E-state index in [1.807, 2.05) is 24.3 Å². The number of thioether (sulfide) groups is 2. The molecule has 10 heteroatoms. The van der Waals surface area contributed by atoms with Crippen LogP contribution in [0.5, 0.6) is 5.75 Å². The monoisotopic (exact) mass is 461 g/mol. The summed E-state index contributed by atoms with van der Waals surface area (Å²) in [7, 11) is 0. The van der Waals surface area contributed by atoms with Crippen LogP contribution in [-0.2, 0) is 14.4 Å². The van der Waals surface area contributed by atoms with Gasteiger partial charge in [0.15, 0.2) is 0 Å². The standard InChI is InChI=1S/C21H23N3O5S2/c1-5-10-29-13-8-6-7-9-14(13)30-12(2)16(25)23-21(11-22)18(28)24-15(17(26)27)20(3,4)31-19(21)24/h5-9,12,15,19H,1,10H2,2-4H3,(H,23,25)(H,26,27)/t12?,15-,19+,21-/m0/s1. The number of nitrogens with one attached hydrogen (secondary N) is 1. The highest BCUT2D eigenvalue weighted by Crippen LogP contribution is 2.54. The number of rotatable bonds is 8. The van der Waals surface area contributed by atoms with E-state index in [-0.39, 0.29) is 0 Å². The van der Waals surface area contributed by atoms with E-state index < -0.39 is 44.7 Å². The number of ether oxygens (including phenoxy) is 1. The molecule has 0 aliphatic carbocycles. The molecule has 2 saturated heterocycles. The number of carbonyl (C=O) groups is 3. The summed E-state index contributed by atoms with van der Waals surface area (Å²) in [6, 6.07) is 8.11. The van der Waals surface area contributed by atoms with Crippen molar-refractivity contribution in [1.82, 2.24) is 10.2 Å². The van der Waals surface area contributed by atoms with Crippen LogP contribution in [0, 0.1) is 11.3 Å². The summed E-state index contributed by atoms with van der Waals surface area (Å²) in [6.45, 7) is 9.03. The number of amides is 2. The van der Waals surface area contributed by atoms with Gasteiger partial charge in [-0.05, 0) is 32.9 Å². The lowest BCUT2D eigenvalue weighted by Gasteiger charge is -2.49. The fourth-order valence-corrected chi connectivity index (χ4v) is 6.25. The van der Waals surface area contributed by atoms with E-state index in [1.165, 1.54) is 28.4 Å². The first-order chi connectivity index (χ1) is 14.6. The molecule has 8 nitrogen and oxygen atoms in total. The summed E-state index contributed by atoms with van der Waals surface area (Å²) in [6.07, 6.45) is 1.62. The van der Waals surface area contributed by atoms with E-state index in [2.05, 4.69) is 11.9 Å². The number of hydrogen-bond donors (Lipinski definition) is 2. The van der Waals surface area contributed by atoms with Crippen LogP contribution < -0.4 is 10.1 Å². The number of carboxylic acid groups (broad SMARTS) is 1. The Kier molecular flexibility index (Phi) is 6.30. The van der Waals surface area contributed by atoms with Crippen molar-refractivity contribution in [3.63, 3.8) is 0 Å². The van der Waals surface area contributed by atoms with Gasteiger partial charge in [0.1, 0.15) is 29.8 Å². The Balaban J connectivity index is 1.76. The largest absolute Gasteiger partial charge is 0.488 e. The molecule has 2 aliphatic heterocycles. The minimum atomic E-state index is -1.78. The van der Waals surface area contributed by atoms with Crippen molar-refractivity contribution in [2.24, 2.45) is 0 Å². The molecule has 4 atom stereocenters. The minimum Gasteiger partial charge on any atom is -0.488 e. The second-order valence-electron chi connectivity index (χ2n) is 7.74. The molecule has 1 aromatic carbocycles. The number of hydrogen-bond acceptors (Lipinski definition) is 7. The van der Waals surface area contributed by atoms with Gasteiger partial charge in [0, 0.05) is 4.75 Å². The van der Waals surface area contributed by atoms with Gasteiger partial charge in [-0.3, -0.25) is 9.59 Å². The van der Waals surface area contributed by atoms with E-state index in [0.717, 1.165) is 4.90 Å². The van der Waals surface area contributed by atoms with Gasteiger partial charge in [0.05, 0.1) is 10.1 Å². The van der Waals surface area contributed by atoms with Crippen LogP contribution in [0.2, 0.25) is 0 Å². The normalized spacial score (nSPS) is 26.8. The number of fused-ring (bicyclic) bond motifs is 1. The van der Waals surface area contributed by atoms with Crippen molar-refractivity contribution < 1.29 is 24.2 Å². The highest BCUT2D eigenvalue weighted by atomic mass is 32.2. The predicted molar refractivity (Wildman–Crippen MR) is 118 cm³/mol. The molecule has 2 heterocycles. The van der Waals surface area contributed by atoms with E-state index in [9.17, 15) is 24.8 Å². The van der Waals surface area contributed by atoms with Crippen molar-refractivity contribution >= 4 is 41.3 Å². The Morgan fingerprint density at radius 3 is 2.77 bits per heavy atom. The highest BCUT2D eigenvalue weighted by molar-refractivity contribution is 8.01. The number of benzene rings is 1. The maximum absolute atomic E-state index is 12.9. The van der Waals surface area contributed by atoms with Gasteiger partial charge in [-0.25, -0.2) is 4.79 Å². The van der Waals surface area contributed by atoms with Crippen molar-refractivity contribution in [3.05, 3.63) is 36.9 Å². The summed E-state index contributed by atoms with van der Waals surface area (Å²) >= 11 is 2.45. The first-order valence-electron chi connectivity index (χ1n) is 9.55. The molecule has 0 aromatic heterocycles. The maximum Gasteiger partial charge on any atom is 0.327 e.